The molecule has 0 saturated carbocycles. The average Bonchev–Trinajstić information content (AvgIpc) is 2.74. The Kier molecular flexibility index (Phi) is 4.22. The van der Waals surface area contributed by atoms with Crippen molar-refractivity contribution in [1.29, 1.82) is 0 Å². The van der Waals surface area contributed by atoms with Crippen molar-refractivity contribution in [2.45, 2.75) is 25.3 Å². The number of hydrogen-bond acceptors (Lipinski definition) is 3. The van der Waals surface area contributed by atoms with E-state index >= 15 is 0 Å². The van der Waals surface area contributed by atoms with Gasteiger partial charge in [-0.05, 0) is 43.7 Å². The lowest BCUT2D eigenvalue weighted by Crippen LogP contribution is -2.26. The first-order chi connectivity index (χ1) is 9.30. The average molecular weight is 314 g/mol. The van der Waals surface area contributed by atoms with Crippen LogP contribution in [0.5, 0.6) is 0 Å². The summed E-state index contributed by atoms with van der Waals surface area (Å²) in [4.78, 5) is 0.107. The summed E-state index contributed by atoms with van der Waals surface area (Å²) in [5, 5.41) is 0.229. The first-order valence-corrected chi connectivity index (χ1v) is 7.90. The van der Waals surface area contributed by atoms with E-state index in [1.807, 2.05) is 13.8 Å². The standard InChI is InChI=1S/C14H16ClNO3S/c1-10-4-7-14(13(15)8-10)20(17,18)16(3)9-12-6-5-11(2)19-12/h4-8H,9H2,1-3H3. The van der Waals surface area contributed by atoms with E-state index in [1.54, 1.807) is 24.3 Å². The number of benzene rings is 1. The van der Waals surface area contributed by atoms with Gasteiger partial charge in [0.15, 0.2) is 0 Å². The minimum atomic E-state index is -3.63. The number of nitrogens with zero attached hydrogens (tertiary/aromatic N) is 1. The van der Waals surface area contributed by atoms with Crippen molar-refractivity contribution in [1.82, 2.24) is 4.31 Å². The predicted molar refractivity (Wildman–Crippen MR) is 78.3 cm³/mol. The molecule has 0 radical (unpaired) electrons. The highest BCUT2D eigenvalue weighted by Crippen LogP contribution is 2.26. The van der Waals surface area contributed by atoms with Crippen molar-refractivity contribution in [3.05, 3.63) is 52.4 Å². The quantitative estimate of drug-likeness (QED) is 0.869. The predicted octanol–water partition coefficient (Wildman–Crippen LogP) is 3.37. The maximum atomic E-state index is 12.5. The molecule has 0 unspecified atom stereocenters. The van der Waals surface area contributed by atoms with Gasteiger partial charge in [0, 0.05) is 7.05 Å². The zero-order chi connectivity index (χ0) is 14.9. The maximum absolute atomic E-state index is 12.5. The molecule has 1 aromatic carbocycles. The van der Waals surface area contributed by atoms with Gasteiger partial charge in [-0.1, -0.05) is 17.7 Å². The van der Waals surface area contributed by atoms with Crippen LogP contribution in [0.25, 0.3) is 0 Å². The number of sulfonamides is 1. The van der Waals surface area contributed by atoms with E-state index in [9.17, 15) is 8.42 Å². The fraction of sp³-hybridized carbons (Fsp3) is 0.286. The zero-order valence-electron chi connectivity index (χ0n) is 11.6. The second-order valence-electron chi connectivity index (χ2n) is 4.71. The number of furan rings is 1. The molecule has 0 amide bonds. The Hall–Kier alpha value is -1.30. The number of rotatable bonds is 4. The smallest absolute Gasteiger partial charge is 0.244 e. The van der Waals surface area contributed by atoms with Crippen LogP contribution in [0.3, 0.4) is 0 Å². The molecule has 0 bridgehead atoms. The number of hydrogen-bond donors (Lipinski definition) is 0. The van der Waals surface area contributed by atoms with Gasteiger partial charge < -0.3 is 4.42 Å². The third-order valence-corrected chi connectivity index (χ3v) is 5.24. The highest BCUT2D eigenvalue weighted by atomic mass is 35.5. The molecule has 4 nitrogen and oxygen atoms in total. The van der Waals surface area contributed by atoms with E-state index in [2.05, 4.69) is 0 Å². The fourth-order valence-electron chi connectivity index (χ4n) is 1.86. The topological polar surface area (TPSA) is 50.5 Å². The molecule has 0 atom stereocenters. The number of halogens is 1. The van der Waals surface area contributed by atoms with Gasteiger partial charge in [0.05, 0.1) is 11.6 Å². The SMILES string of the molecule is Cc1ccc(S(=O)(=O)N(C)Cc2ccc(C)o2)c(Cl)c1. The number of aryl methyl sites for hydroxylation is 2. The normalized spacial score (nSPS) is 12.1. The highest BCUT2D eigenvalue weighted by molar-refractivity contribution is 7.89. The lowest BCUT2D eigenvalue weighted by atomic mass is 10.2. The second kappa shape index (κ2) is 5.60. The van der Waals surface area contributed by atoms with Crippen LogP contribution in [0.4, 0.5) is 0 Å². The van der Waals surface area contributed by atoms with Crippen LogP contribution >= 0.6 is 11.6 Å². The molecule has 0 spiro atoms. The summed E-state index contributed by atoms with van der Waals surface area (Å²) in [6.45, 7) is 3.84. The van der Waals surface area contributed by atoms with Crippen molar-refractivity contribution in [2.75, 3.05) is 7.05 Å². The Bertz CT molecular complexity index is 722. The summed E-state index contributed by atoms with van der Waals surface area (Å²) in [5.41, 5.74) is 0.915. The third-order valence-electron chi connectivity index (χ3n) is 2.95. The van der Waals surface area contributed by atoms with Crippen LogP contribution in [-0.4, -0.2) is 19.8 Å². The molecule has 0 saturated heterocycles. The lowest BCUT2D eigenvalue weighted by molar-refractivity contribution is 0.397. The zero-order valence-corrected chi connectivity index (χ0v) is 13.1. The van der Waals surface area contributed by atoms with Crippen LogP contribution in [0, 0.1) is 13.8 Å². The van der Waals surface area contributed by atoms with Gasteiger partial charge in [-0.15, -0.1) is 0 Å². The highest BCUT2D eigenvalue weighted by Gasteiger charge is 2.24. The van der Waals surface area contributed by atoms with E-state index in [0.29, 0.717) is 5.76 Å². The summed E-state index contributed by atoms with van der Waals surface area (Å²) < 4.78 is 31.6. The van der Waals surface area contributed by atoms with Crippen LogP contribution in [0.15, 0.2) is 39.6 Å². The molecular formula is C14H16ClNO3S. The minimum Gasteiger partial charge on any atom is -0.465 e. The van der Waals surface area contributed by atoms with Crippen molar-refractivity contribution in [3.63, 3.8) is 0 Å². The van der Waals surface area contributed by atoms with Crippen molar-refractivity contribution in [3.8, 4) is 0 Å². The van der Waals surface area contributed by atoms with E-state index in [4.69, 9.17) is 16.0 Å². The molecule has 6 heteroatoms. The Morgan fingerprint density at radius 1 is 1.20 bits per heavy atom. The molecule has 0 fully saturated rings. The summed E-state index contributed by atoms with van der Waals surface area (Å²) in [6.07, 6.45) is 0. The Balaban J connectivity index is 2.29. The molecule has 108 valence electrons. The molecular weight excluding hydrogens is 298 g/mol. The molecule has 1 aromatic heterocycles. The minimum absolute atomic E-state index is 0.107. The van der Waals surface area contributed by atoms with Crippen LogP contribution in [0.1, 0.15) is 17.1 Å². The van der Waals surface area contributed by atoms with Crippen molar-refractivity contribution >= 4 is 21.6 Å². The molecule has 0 aliphatic rings. The van der Waals surface area contributed by atoms with E-state index in [-0.39, 0.29) is 16.5 Å². The Morgan fingerprint density at radius 3 is 2.45 bits per heavy atom. The molecule has 2 rings (SSSR count). The van der Waals surface area contributed by atoms with Gasteiger partial charge in [-0.3, -0.25) is 0 Å². The summed E-state index contributed by atoms with van der Waals surface area (Å²) in [6, 6.07) is 8.45. The summed E-state index contributed by atoms with van der Waals surface area (Å²) in [5.74, 6) is 1.34. The van der Waals surface area contributed by atoms with Gasteiger partial charge in [0.2, 0.25) is 10.0 Å². The van der Waals surface area contributed by atoms with Crippen molar-refractivity contribution < 1.29 is 12.8 Å². The summed E-state index contributed by atoms with van der Waals surface area (Å²) in [7, 11) is -2.13. The van der Waals surface area contributed by atoms with Crippen LogP contribution < -0.4 is 0 Å². The maximum Gasteiger partial charge on any atom is 0.244 e. The first-order valence-electron chi connectivity index (χ1n) is 6.08. The van der Waals surface area contributed by atoms with E-state index in [0.717, 1.165) is 11.3 Å². The van der Waals surface area contributed by atoms with Gasteiger partial charge in [0.1, 0.15) is 16.4 Å². The van der Waals surface area contributed by atoms with Crippen LogP contribution in [-0.2, 0) is 16.6 Å². The lowest BCUT2D eigenvalue weighted by Gasteiger charge is -2.17. The summed E-state index contributed by atoms with van der Waals surface area (Å²) >= 11 is 6.04. The van der Waals surface area contributed by atoms with E-state index in [1.165, 1.54) is 17.4 Å². The van der Waals surface area contributed by atoms with Crippen LogP contribution in [0.2, 0.25) is 5.02 Å². The Labute approximate surface area is 124 Å². The van der Waals surface area contributed by atoms with E-state index < -0.39 is 10.0 Å². The monoisotopic (exact) mass is 313 g/mol. The molecule has 1 heterocycles. The molecule has 0 N–H and O–H groups in total. The fourth-order valence-corrected chi connectivity index (χ4v) is 3.56. The van der Waals surface area contributed by atoms with Crippen molar-refractivity contribution in [2.24, 2.45) is 0 Å². The second-order valence-corrected chi connectivity index (χ2v) is 7.13. The molecule has 0 aliphatic heterocycles. The molecule has 2 aromatic rings. The van der Waals surface area contributed by atoms with Gasteiger partial charge in [0.25, 0.3) is 0 Å². The Morgan fingerprint density at radius 2 is 1.90 bits per heavy atom. The van der Waals surface area contributed by atoms with Gasteiger partial charge in [-0.2, -0.15) is 4.31 Å². The van der Waals surface area contributed by atoms with Gasteiger partial charge in [-0.25, -0.2) is 8.42 Å². The first kappa shape index (κ1) is 15.1. The third kappa shape index (κ3) is 3.06. The molecule has 20 heavy (non-hydrogen) atoms. The van der Waals surface area contributed by atoms with Gasteiger partial charge >= 0.3 is 0 Å². The molecule has 0 aliphatic carbocycles. The largest absolute Gasteiger partial charge is 0.465 e.